The lowest BCUT2D eigenvalue weighted by Crippen LogP contribution is -2.30. The first-order chi connectivity index (χ1) is 4.84. The minimum Gasteiger partial charge on any atom is -0.317 e. The number of hydrogen-bond acceptors (Lipinski definition) is 2. The van der Waals surface area contributed by atoms with Crippen molar-refractivity contribution in [1.29, 1.82) is 5.41 Å². The summed E-state index contributed by atoms with van der Waals surface area (Å²) in [5.74, 6) is 0.471. The Bertz CT molecular complexity index is 134. The highest BCUT2D eigenvalue weighted by atomic mass is 14.9. The molecular weight excluding hydrogens is 124 g/mol. The number of hydrogen-bond donors (Lipinski definition) is 2. The number of piperidine rings is 1. The second-order valence-corrected chi connectivity index (χ2v) is 2.68. The zero-order chi connectivity index (χ0) is 7.40. The van der Waals surface area contributed by atoms with E-state index >= 15 is 0 Å². The molecule has 0 aromatic rings. The first-order valence-corrected chi connectivity index (χ1v) is 3.76. The van der Waals surface area contributed by atoms with E-state index in [4.69, 9.17) is 5.41 Å². The molecule has 0 aromatic carbocycles. The molecule has 2 heteroatoms. The van der Waals surface area contributed by atoms with E-state index < -0.39 is 0 Å². The molecule has 0 aliphatic carbocycles. The molecular formula is C8H14N2. The molecule has 0 amide bonds. The normalized spacial score (nSPS) is 20.4. The standard InChI is InChI=1S/C8H14N2/c1-2-8(9)7-3-5-10-6-4-7/h2,7,9-10H,1,3-6H2. The van der Waals surface area contributed by atoms with Crippen molar-refractivity contribution in [3.63, 3.8) is 0 Å². The SMILES string of the molecule is C=CC(=N)C1CCNCC1. The Hall–Kier alpha value is -0.630. The summed E-state index contributed by atoms with van der Waals surface area (Å²) in [6.45, 7) is 5.70. The van der Waals surface area contributed by atoms with Crippen molar-refractivity contribution in [3.8, 4) is 0 Å². The third-order valence-electron chi connectivity index (χ3n) is 2.00. The van der Waals surface area contributed by atoms with Gasteiger partial charge in [0.2, 0.25) is 0 Å². The summed E-state index contributed by atoms with van der Waals surface area (Å²) in [7, 11) is 0. The zero-order valence-corrected chi connectivity index (χ0v) is 6.19. The maximum Gasteiger partial charge on any atom is 0.0339 e. The van der Waals surface area contributed by atoms with Crippen molar-refractivity contribution in [1.82, 2.24) is 5.32 Å². The third-order valence-corrected chi connectivity index (χ3v) is 2.00. The Kier molecular flexibility index (Phi) is 2.63. The molecule has 2 N–H and O–H groups in total. The Balaban J connectivity index is 2.38. The van der Waals surface area contributed by atoms with Gasteiger partial charge in [-0.1, -0.05) is 6.58 Å². The maximum absolute atomic E-state index is 7.49. The van der Waals surface area contributed by atoms with Crippen LogP contribution in [0.2, 0.25) is 0 Å². The Morgan fingerprint density at radius 3 is 2.60 bits per heavy atom. The lowest BCUT2D eigenvalue weighted by atomic mass is 9.93. The molecule has 0 aromatic heterocycles. The number of allylic oxidation sites excluding steroid dienone is 1. The fraction of sp³-hybridized carbons (Fsp3) is 0.625. The van der Waals surface area contributed by atoms with Gasteiger partial charge >= 0.3 is 0 Å². The van der Waals surface area contributed by atoms with Crippen LogP contribution < -0.4 is 5.32 Å². The summed E-state index contributed by atoms with van der Waals surface area (Å²) in [4.78, 5) is 0. The summed E-state index contributed by atoms with van der Waals surface area (Å²) < 4.78 is 0. The van der Waals surface area contributed by atoms with Crippen LogP contribution in [0.15, 0.2) is 12.7 Å². The van der Waals surface area contributed by atoms with Crippen molar-refractivity contribution in [2.45, 2.75) is 12.8 Å². The topological polar surface area (TPSA) is 35.9 Å². The van der Waals surface area contributed by atoms with Gasteiger partial charge in [-0.05, 0) is 32.0 Å². The molecule has 2 nitrogen and oxygen atoms in total. The largest absolute Gasteiger partial charge is 0.317 e. The van der Waals surface area contributed by atoms with Gasteiger partial charge in [0.05, 0.1) is 0 Å². The lowest BCUT2D eigenvalue weighted by Gasteiger charge is -2.21. The molecule has 56 valence electrons. The van der Waals surface area contributed by atoms with Gasteiger partial charge in [-0.15, -0.1) is 0 Å². The van der Waals surface area contributed by atoms with Gasteiger partial charge in [0.1, 0.15) is 0 Å². The van der Waals surface area contributed by atoms with Crippen LogP contribution in [0.25, 0.3) is 0 Å². The van der Waals surface area contributed by atoms with Gasteiger partial charge in [-0.3, -0.25) is 0 Å². The number of rotatable bonds is 2. The monoisotopic (exact) mass is 138 g/mol. The first-order valence-electron chi connectivity index (χ1n) is 3.76. The molecule has 0 bridgehead atoms. The highest BCUT2D eigenvalue weighted by Gasteiger charge is 2.14. The van der Waals surface area contributed by atoms with Crippen LogP contribution in [0.5, 0.6) is 0 Å². The summed E-state index contributed by atoms with van der Waals surface area (Å²) >= 11 is 0. The molecule has 1 heterocycles. The minimum absolute atomic E-state index is 0.471. The van der Waals surface area contributed by atoms with Gasteiger partial charge in [-0.25, -0.2) is 0 Å². The van der Waals surface area contributed by atoms with Crippen molar-refractivity contribution in [2.24, 2.45) is 5.92 Å². The molecule has 0 radical (unpaired) electrons. The second-order valence-electron chi connectivity index (χ2n) is 2.68. The molecule has 0 saturated carbocycles. The molecule has 0 unspecified atom stereocenters. The molecule has 0 spiro atoms. The van der Waals surface area contributed by atoms with Gasteiger partial charge in [0.25, 0.3) is 0 Å². The van der Waals surface area contributed by atoms with Crippen LogP contribution in [0, 0.1) is 11.3 Å². The van der Waals surface area contributed by atoms with E-state index in [2.05, 4.69) is 11.9 Å². The van der Waals surface area contributed by atoms with E-state index in [0.29, 0.717) is 11.6 Å². The summed E-state index contributed by atoms with van der Waals surface area (Å²) in [6.07, 6.45) is 3.87. The van der Waals surface area contributed by atoms with Crippen molar-refractivity contribution in [2.75, 3.05) is 13.1 Å². The van der Waals surface area contributed by atoms with Crippen LogP contribution in [0.4, 0.5) is 0 Å². The average molecular weight is 138 g/mol. The molecule has 1 aliphatic heterocycles. The lowest BCUT2D eigenvalue weighted by molar-refractivity contribution is 0.456. The van der Waals surface area contributed by atoms with Crippen LogP contribution >= 0.6 is 0 Å². The fourth-order valence-corrected chi connectivity index (χ4v) is 1.30. The molecule has 1 saturated heterocycles. The van der Waals surface area contributed by atoms with Gasteiger partial charge in [0, 0.05) is 11.6 Å². The molecule has 1 aliphatic rings. The molecule has 1 rings (SSSR count). The second kappa shape index (κ2) is 3.52. The van der Waals surface area contributed by atoms with E-state index in [9.17, 15) is 0 Å². The van der Waals surface area contributed by atoms with Gasteiger partial charge < -0.3 is 10.7 Å². The predicted molar refractivity (Wildman–Crippen MR) is 43.5 cm³/mol. The van der Waals surface area contributed by atoms with E-state index in [1.165, 1.54) is 0 Å². The van der Waals surface area contributed by atoms with Crippen LogP contribution in [0.3, 0.4) is 0 Å². The smallest absolute Gasteiger partial charge is 0.0339 e. The zero-order valence-electron chi connectivity index (χ0n) is 6.19. The Labute approximate surface area is 61.8 Å². The first kappa shape index (κ1) is 7.48. The van der Waals surface area contributed by atoms with E-state index in [-0.39, 0.29) is 0 Å². The van der Waals surface area contributed by atoms with Crippen LogP contribution in [0.1, 0.15) is 12.8 Å². The highest BCUT2D eigenvalue weighted by Crippen LogP contribution is 2.12. The fourth-order valence-electron chi connectivity index (χ4n) is 1.30. The Morgan fingerprint density at radius 2 is 2.10 bits per heavy atom. The molecule has 0 atom stereocenters. The van der Waals surface area contributed by atoms with Gasteiger partial charge in [0.15, 0.2) is 0 Å². The van der Waals surface area contributed by atoms with Crippen LogP contribution in [-0.2, 0) is 0 Å². The quantitative estimate of drug-likeness (QED) is 0.552. The molecule has 10 heavy (non-hydrogen) atoms. The van der Waals surface area contributed by atoms with Crippen LogP contribution in [-0.4, -0.2) is 18.8 Å². The van der Waals surface area contributed by atoms with Crippen molar-refractivity contribution in [3.05, 3.63) is 12.7 Å². The summed E-state index contributed by atoms with van der Waals surface area (Å²) in [5, 5.41) is 10.7. The summed E-state index contributed by atoms with van der Waals surface area (Å²) in [5.41, 5.74) is 0.710. The molecule has 1 fully saturated rings. The average Bonchev–Trinajstić information content (AvgIpc) is 2.05. The Morgan fingerprint density at radius 1 is 1.50 bits per heavy atom. The van der Waals surface area contributed by atoms with Crippen molar-refractivity contribution < 1.29 is 0 Å². The predicted octanol–water partition coefficient (Wildman–Crippen LogP) is 1.19. The third kappa shape index (κ3) is 1.67. The minimum atomic E-state index is 0.471. The van der Waals surface area contributed by atoms with Gasteiger partial charge in [-0.2, -0.15) is 0 Å². The van der Waals surface area contributed by atoms with E-state index in [1.807, 2.05) is 0 Å². The van der Waals surface area contributed by atoms with E-state index in [1.54, 1.807) is 6.08 Å². The van der Waals surface area contributed by atoms with E-state index in [0.717, 1.165) is 25.9 Å². The maximum atomic E-state index is 7.49. The summed E-state index contributed by atoms with van der Waals surface area (Å²) in [6, 6.07) is 0. The number of nitrogens with one attached hydrogen (secondary N) is 2. The highest BCUT2D eigenvalue weighted by molar-refractivity contribution is 5.93. The van der Waals surface area contributed by atoms with Crippen molar-refractivity contribution >= 4 is 5.71 Å².